The Labute approximate surface area is 109 Å². The molecule has 0 spiro atoms. The van der Waals surface area contributed by atoms with Gasteiger partial charge < -0.3 is 9.16 Å². The van der Waals surface area contributed by atoms with E-state index >= 15 is 0 Å². The quantitative estimate of drug-likeness (QED) is 0.347. The second-order valence-electron chi connectivity index (χ2n) is 6.03. The van der Waals surface area contributed by atoms with Crippen LogP contribution in [-0.4, -0.2) is 28.1 Å². The summed E-state index contributed by atoms with van der Waals surface area (Å²) in [6, 6.07) is 0. The summed E-state index contributed by atoms with van der Waals surface area (Å²) in [5.41, 5.74) is 0. The molecule has 2 nitrogen and oxygen atoms in total. The first kappa shape index (κ1) is 16.9. The van der Waals surface area contributed by atoms with E-state index in [1.54, 1.807) is 6.08 Å². The van der Waals surface area contributed by atoms with Crippen LogP contribution >= 0.6 is 0 Å². The molecule has 0 amide bonds. The van der Waals surface area contributed by atoms with Crippen LogP contribution in [0.25, 0.3) is 0 Å². The van der Waals surface area contributed by atoms with E-state index in [4.69, 9.17) is 9.16 Å². The standard InChI is InChI=1S/C14H30O2Si/c1-7-11-15-12-9-8-10-13-16-17(5,6)14(2,3)4/h7H,1,8-13H2,2-6H3. The average molecular weight is 258 g/mol. The molecule has 0 aliphatic carbocycles. The fourth-order valence-electron chi connectivity index (χ4n) is 1.19. The van der Waals surface area contributed by atoms with Crippen LogP contribution in [0.1, 0.15) is 40.0 Å². The van der Waals surface area contributed by atoms with Crippen molar-refractivity contribution in [1.29, 1.82) is 0 Å². The highest BCUT2D eigenvalue weighted by atomic mass is 28.4. The third-order valence-corrected chi connectivity index (χ3v) is 7.98. The monoisotopic (exact) mass is 258 g/mol. The van der Waals surface area contributed by atoms with Crippen molar-refractivity contribution in [2.75, 3.05) is 19.8 Å². The zero-order chi connectivity index (χ0) is 13.4. The molecule has 0 aliphatic heterocycles. The van der Waals surface area contributed by atoms with Gasteiger partial charge in [0, 0.05) is 13.2 Å². The van der Waals surface area contributed by atoms with Crippen molar-refractivity contribution >= 4 is 8.32 Å². The smallest absolute Gasteiger partial charge is 0.191 e. The van der Waals surface area contributed by atoms with Gasteiger partial charge in [-0.1, -0.05) is 26.8 Å². The molecule has 0 aromatic heterocycles. The molecule has 0 aromatic carbocycles. The van der Waals surface area contributed by atoms with Gasteiger partial charge >= 0.3 is 0 Å². The van der Waals surface area contributed by atoms with E-state index in [0.717, 1.165) is 26.1 Å². The van der Waals surface area contributed by atoms with E-state index in [1.165, 1.54) is 6.42 Å². The molecule has 0 aliphatic rings. The minimum Gasteiger partial charge on any atom is -0.417 e. The molecule has 0 saturated heterocycles. The van der Waals surface area contributed by atoms with Crippen LogP contribution in [0.15, 0.2) is 12.7 Å². The molecular formula is C14H30O2Si. The van der Waals surface area contributed by atoms with Gasteiger partial charge in [-0.05, 0) is 37.4 Å². The van der Waals surface area contributed by atoms with E-state index in [0.29, 0.717) is 11.6 Å². The minimum atomic E-state index is -1.53. The van der Waals surface area contributed by atoms with Crippen LogP contribution < -0.4 is 0 Å². The van der Waals surface area contributed by atoms with Crippen molar-refractivity contribution in [1.82, 2.24) is 0 Å². The number of hydrogen-bond acceptors (Lipinski definition) is 2. The Morgan fingerprint density at radius 1 is 1.06 bits per heavy atom. The molecule has 0 atom stereocenters. The molecule has 0 bridgehead atoms. The number of rotatable bonds is 9. The van der Waals surface area contributed by atoms with Crippen LogP contribution in [0, 0.1) is 0 Å². The summed E-state index contributed by atoms with van der Waals surface area (Å²) in [4.78, 5) is 0. The van der Waals surface area contributed by atoms with E-state index in [9.17, 15) is 0 Å². The number of unbranched alkanes of at least 4 members (excludes halogenated alkanes) is 2. The Morgan fingerprint density at radius 3 is 2.18 bits per heavy atom. The lowest BCUT2D eigenvalue weighted by atomic mass is 10.2. The van der Waals surface area contributed by atoms with Gasteiger partial charge in [-0.25, -0.2) is 0 Å². The van der Waals surface area contributed by atoms with E-state index in [-0.39, 0.29) is 0 Å². The highest BCUT2D eigenvalue weighted by Gasteiger charge is 2.36. The highest BCUT2D eigenvalue weighted by molar-refractivity contribution is 6.74. The zero-order valence-corrected chi connectivity index (χ0v) is 13.3. The zero-order valence-electron chi connectivity index (χ0n) is 12.3. The Bertz CT molecular complexity index is 207. The molecule has 0 unspecified atom stereocenters. The summed E-state index contributed by atoms with van der Waals surface area (Å²) in [6.45, 7) is 17.5. The maximum atomic E-state index is 6.10. The van der Waals surface area contributed by atoms with Crippen molar-refractivity contribution < 1.29 is 9.16 Å². The molecule has 0 N–H and O–H groups in total. The van der Waals surface area contributed by atoms with E-state index < -0.39 is 8.32 Å². The summed E-state index contributed by atoms with van der Waals surface area (Å²) >= 11 is 0. The normalized spacial score (nSPS) is 12.8. The molecule has 0 fully saturated rings. The summed E-state index contributed by atoms with van der Waals surface area (Å²) in [6.07, 6.45) is 5.24. The van der Waals surface area contributed by atoms with Crippen LogP contribution in [-0.2, 0) is 9.16 Å². The Kier molecular flexibility index (Phi) is 8.00. The lowest BCUT2D eigenvalue weighted by Gasteiger charge is -2.36. The molecule has 0 saturated carbocycles. The van der Waals surface area contributed by atoms with E-state index in [1.807, 2.05) is 0 Å². The van der Waals surface area contributed by atoms with Crippen LogP contribution in [0.2, 0.25) is 18.1 Å². The Balaban J connectivity index is 3.48. The first-order valence-electron chi connectivity index (χ1n) is 6.64. The average Bonchev–Trinajstić information content (AvgIpc) is 2.20. The molecule has 0 aromatic rings. The van der Waals surface area contributed by atoms with Crippen molar-refractivity contribution in [3.05, 3.63) is 12.7 Å². The lowest BCUT2D eigenvalue weighted by Crippen LogP contribution is -2.40. The topological polar surface area (TPSA) is 18.5 Å². The fraction of sp³-hybridized carbons (Fsp3) is 0.857. The first-order chi connectivity index (χ1) is 7.81. The van der Waals surface area contributed by atoms with E-state index in [2.05, 4.69) is 40.4 Å². The third kappa shape index (κ3) is 7.74. The van der Waals surface area contributed by atoms with Gasteiger partial charge in [0.15, 0.2) is 8.32 Å². The van der Waals surface area contributed by atoms with Gasteiger partial charge in [-0.3, -0.25) is 0 Å². The van der Waals surface area contributed by atoms with Gasteiger partial charge in [0.25, 0.3) is 0 Å². The number of ether oxygens (including phenoxy) is 1. The van der Waals surface area contributed by atoms with Crippen molar-refractivity contribution in [2.45, 2.75) is 58.2 Å². The van der Waals surface area contributed by atoms with Crippen LogP contribution in [0.5, 0.6) is 0 Å². The first-order valence-corrected chi connectivity index (χ1v) is 9.54. The molecule has 0 rings (SSSR count). The summed E-state index contributed by atoms with van der Waals surface area (Å²) < 4.78 is 11.4. The maximum Gasteiger partial charge on any atom is 0.191 e. The SMILES string of the molecule is C=CCOCCCCCO[Si](C)(C)C(C)(C)C. The van der Waals surface area contributed by atoms with Crippen LogP contribution in [0.3, 0.4) is 0 Å². The largest absolute Gasteiger partial charge is 0.417 e. The molecule has 102 valence electrons. The van der Waals surface area contributed by atoms with Crippen molar-refractivity contribution in [2.24, 2.45) is 0 Å². The highest BCUT2D eigenvalue weighted by Crippen LogP contribution is 2.36. The molecule has 3 heteroatoms. The van der Waals surface area contributed by atoms with Gasteiger partial charge in [0.2, 0.25) is 0 Å². The molecule has 0 heterocycles. The minimum absolute atomic E-state index is 0.320. The third-order valence-electron chi connectivity index (χ3n) is 3.44. The second-order valence-corrected chi connectivity index (χ2v) is 10.8. The van der Waals surface area contributed by atoms with Gasteiger partial charge in [-0.2, -0.15) is 0 Å². The summed E-state index contributed by atoms with van der Waals surface area (Å²) in [5, 5.41) is 0.320. The predicted octanol–water partition coefficient (Wildman–Crippen LogP) is 4.38. The van der Waals surface area contributed by atoms with Crippen LogP contribution in [0.4, 0.5) is 0 Å². The molecule has 0 radical (unpaired) electrons. The van der Waals surface area contributed by atoms with Crippen molar-refractivity contribution in [3.63, 3.8) is 0 Å². The molecular weight excluding hydrogens is 228 g/mol. The maximum absolute atomic E-state index is 6.10. The van der Waals surface area contributed by atoms with Gasteiger partial charge in [0.1, 0.15) is 0 Å². The van der Waals surface area contributed by atoms with Gasteiger partial charge in [0.05, 0.1) is 6.61 Å². The Morgan fingerprint density at radius 2 is 1.65 bits per heavy atom. The second kappa shape index (κ2) is 8.06. The molecule has 17 heavy (non-hydrogen) atoms. The fourth-order valence-corrected chi connectivity index (χ4v) is 2.28. The summed E-state index contributed by atoms with van der Waals surface area (Å²) in [7, 11) is -1.53. The van der Waals surface area contributed by atoms with Gasteiger partial charge in [-0.15, -0.1) is 6.58 Å². The Hall–Kier alpha value is -0.123. The lowest BCUT2D eigenvalue weighted by molar-refractivity contribution is 0.155. The van der Waals surface area contributed by atoms with Crippen molar-refractivity contribution in [3.8, 4) is 0 Å². The predicted molar refractivity (Wildman–Crippen MR) is 78.0 cm³/mol. The number of hydrogen-bond donors (Lipinski definition) is 0. The summed E-state index contributed by atoms with van der Waals surface area (Å²) in [5.74, 6) is 0.